The molecule has 34 heavy (non-hydrogen) atoms. The first-order valence-electron chi connectivity index (χ1n) is 12.2. The van der Waals surface area contributed by atoms with Crippen LogP contribution in [0.25, 0.3) is 41.5 Å². The van der Waals surface area contributed by atoms with Crippen molar-refractivity contribution in [3.63, 3.8) is 0 Å². The molecule has 0 N–H and O–H groups in total. The van der Waals surface area contributed by atoms with Gasteiger partial charge in [-0.2, -0.15) is 0 Å². The van der Waals surface area contributed by atoms with Gasteiger partial charge in [-0.15, -0.1) is 22.7 Å². The number of rotatable bonds is 3. The lowest BCUT2D eigenvalue weighted by Gasteiger charge is -2.21. The Hall–Kier alpha value is -2.43. The molecule has 4 heteroatoms. The van der Waals surface area contributed by atoms with Crippen molar-refractivity contribution in [3.8, 4) is 17.0 Å². The molecule has 2 aromatic carbocycles. The lowest BCUT2D eigenvalue weighted by atomic mass is 9.84. The molecule has 1 aliphatic heterocycles. The highest BCUT2D eigenvalue weighted by Crippen LogP contribution is 2.51. The molecular weight excluding hydrogens is 454 g/mol. The van der Waals surface area contributed by atoms with E-state index in [1.54, 1.807) is 0 Å². The zero-order valence-electron chi connectivity index (χ0n) is 20.7. The molecule has 0 radical (unpaired) electrons. The maximum Gasteiger partial charge on any atom is 0.132 e. The van der Waals surface area contributed by atoms with Gasteiger partial charge >= 0.3 is 0 Å². The standard InChI is InChI=1S/C30H31NOS2/c1-16(2)13-22-17(3)20-7-8-23-26(28(20)32-22)25-24(34-23)9-11-31-27(25)19-14-18-10-12-33-29(18)21(15-19)30(4,5)6/h7-12,14-17,22H,13H2,1-6H3. The Kier molecular flexibility index (Phi) is 5.06. The SMILES string of the molecule is CC(C)CC1Oc2c(ccc3sc4ccnc(-c5cc(C(C)(C)C)c6sccc6c5)c4c23)C1C. The van der Waals surface area contributed by atoms with E-state index in [1.807, 2.05) is 28.9 Å². The summed E-state index contributed by atoms with van der Waals surface area (Å²) in [5.74, 6) is 2.11. The van der Waals surface area contributed by atoms with Crippen molar-refractivity contribution in [1.82, 2.24) is 4.98 Å². The van der Waals surface area contributed by atoms with Gasteiger partial charge in [0, 0.05) is 48.1 Å². The largest absolute Gasteiger partial charge is 0.489 e. The highest BCUT2D eigenvalue weighted by Gasteiger charge is 2.34. The molecule has 174 valence electrons. The third kappa shape index (κ3) is 3.37. The van der Waals surface area contributed by atoms with Crippen LogP contribution >= 0.6 is 22.7 Å². The summed E-state index contributed by atoms with van der Waals surface area (Å²) in [5, 5.41) is 6.00. The van der Waals surface area contributed by atoms with Gasteiger partial charge in [0.2, 0.25) is 0 Å². The summed E-state index contributed by atoms with van der Waals surface area (Å²) < 4.78 is 10.7. The van der Waals surface area contributed by atoms with Gasteiger partial charge in [-0.1, -0.05) is 47.6 Å². The monoisotopic (exact) mass is 485 g/mol. The summed E-state index contributed by atoms with van der Waals surface area (Å²) in [6, 6.07) is 13.7. The molecule has 0 fully saturated rings. The van der Waals surface area contributed by atoms with Crippen LogP contribution in [0.5, 0.6) is 5.75 Å². The first-order chi connectivity index (χ1) is 16.2. The van der Waals surface area contributed by atoms with E-state index in [4.69, 9.17) is 9.72 Å². The van der Waals surface area contributed by atoms with Crippen LogP contribution in [0, 0.1) is 5.92 Å². The van der Waals surface area contributed by atoms with Crippen LogP contribution < -0.4 is 4.74 Å². The fourth-order valence-electron chi connectivity index (χ4n) is 5.44. The Bertz CT molecular complexity index is 1550. The van der Waals surface area contributed by atoms with E-state index in [2.05, 4.69) is 83.3 Å². The zero-order valence-corrected chi connectivity index (χ0v) is 22.4. The molecule has 0 aliphatic carbocycles. The van der Waals surface area contributed by atoms with Crippen LogP contribution in [0.15, 0.2) is 48.0 Å². The Balaban J connectivity index is 1.63. The van der Waals surface area contributed by atoms with Crippen molar-refractivity contribution in [1.29, 1.82) is 0 Å². The van der Waals surface area contributed by atoms with E-state index in [9.17, 15) is 0 Å². The maximum atomic E-state index is 6.72. The number of nitrogens with zero attached hydrogens (tertiary/aromatic N) is 1. The molecule has 1 aliphatic rings. The normalized spacial score (nSPS) is 18.3. The van der Waals surface area contributed by atoms with Gasteiger partial charge in [0.1, 0.15) is 11.9 Å². The van der Waals surface area contributed by atoms with Crippen molar-refractivity contribution < 1.29 is 4.74 Å². The van der Waals surface area contributed by atoms with Crippen LogP contribution in [0.2, 0.25) is 0 Å². The summed E-state index contributed by atoms with van der Waals surface area (Å²) >= 11 is 3.69. The minimum absolute atomic E-state index is 0.0631. The molecule has 6 rings (SSSR count). The fraction of sp³-hybridized carbons (Fsp3) is 0.367. The number of pyridine rings is 1. The fourth-order valence-corrected chi connectivity index (χ4v) is 7.65. The maximum absolute atomic E-state index is 6.72. The Morgan fingerprint density at radius 3 is 2.59 bits per heavy atom. The smallest absolute Gasteiger partial charge is 0.132 e. The summed E-state index contributed by atoms with van der Waals surface area (Å²) in [6.07, 6.45) is 3.28. The second-order valence-corrected chi connectivity index (χ2v) is 13.2. The second-order valence-electron chi connectivity index (χ2n) is 11.2. The average Bonchev–Trinajstić information content (AvgIpc) is 3.47. The van der Waals surface area contributed by atoms with Crippen molar-refractivity contribution in [2.75, 3.05) is 0 Å². The van der Waals surface area contributed by atoms with E-state index in [0.717, 1.165) is 17.9 Å². The Morgan fingerprint density at radius 2 is 1.82 bits per heavy atom. The topological polar surface area (TPSA) is 22.1 Å². The molecule has 3 aromatic heterocycles. The number of aromatic nitrogens is 1. The van der Waals surface area contributed by atoms with Crippen molar-refractivity contribution in [3.05, 3.63) is 59.1 Å². The summed E-state index contributed by atoms with van der Waals surface area (Å²) in [4.78, 5) is 4.98. The predicted octanol–water partition coefficient (Wildman–Crippen LogP) is 9.54. The highest BCUT2D eigenvalue weighted by molar-refractivity contribution is 7.26. The zero-order chi connectivity index (χ0) is 23.8. The summed E-state index contributed by atoms with van der Waals surface area (Å²) in [7, 11) is 0. The van der Waals surface area contributed by atoms with Gasteiger partial charge in [0.15, 0.2) is 0 Å². The molecule has 0 spiro atoms. The van der Waals surface area contributed by atoms with Crippen LogP contribution in [0.1, 0.15) is 65.0 Å². The number of benzene rings is 2. The molecule has 0 amide bonds. The lowest BCUT2D eigenvalue weighted by molar-refractivity contribution is 0.184. The van der Waals surface area contributed by atoms with Crippen LogP contribution in [0.4, 0.5) is 0 Å². The first-order valence-corrected chi connectivity index (χ1v) is 13.9. The van der Waals surface area contributed by atoms with E-state index in [0.29, 0.717) is 11.8 Å². The summed E-state index contributed by atoms with van der Waals surface area (Å²) in [6.45, 7) is 13.8. The number of thiophene rings is 2. The van der Waals surface area contributed by atoms with Crippen molar-refractivity contribution in [2.45, 2.75) is 65.4 Å². The molecule has 2 atom stereocenters. The average molecular weight is 486 g/mol. The van der Waals surface area contributed by atoms with E-state index >= 15 is 0 Å². The molecular formula is C30H31NOS2. The third-order valence-corrected chi connectivity index (χ3v) is 9.27. The molecule has 2 nitrogen and oxygen atoms in total. The molecule has 0 saturated heterocycles. The highest BCUT2D eigenvalue weighted by atomic mass is 32.1. The van der Waals surface area contributed by atoms with Gasteiger partial charge in [0.05, 0.1) is 5.69 Å². The van der Waals surface area contributed by atoms with Crippen LogP contribution in [-0.4, -0.2) is 11.1 Å². The van der Waals surface area contributed by atoms with E-state index in [-0.39, 0.29) is 11.5 Å². The molecule has 5 aromatic rings. The first kappa shape index (κ1) is 22.1. The minimum atomic E-state index is 0.0631. The number of fused-ring (bicyclic) bond motifs is 6. The third-order valence-electron chi connectivity index (χ3n) is 7.19. The number of ether oxygens (including phenoxy) is 1. The minimum Gasteiger partial charge on any atom is -0.489 e. The lowest BCUT2D eigenvalue weighted by Crippen LogP contribution is -2.18. The number of hydrogen-bond donors (Lipinski definition) is 0. The van der Waals surface area contributed by atoms with Gasteiger partial charge in [-0.25, -0.2) is 0 Å². The van der Waals surface area contributed by atoms with Gasteiger partial charge in [-0.05, 0) is 64.4 Å². The van der Waals surface area contributed by atoms with E-state index in [1.165, 1.54) is 46.9 Å². The summed E-state index contributed by atoms with van der Waals surface area (Å²) in [5.41, 5.74) is 5.06. The van der Waals surface area contributed by atoms with Crippen molar-refractivity contribution in [2.24, 2.45) is 5.92 Å². The van der Waals surface area contributed by atoms with Crippen LogP contribution in [0.3, 0.4) is 0 Å². The van der Waals surface area contributed by atoms with E-state index < -0.39 is 0 Å². The predicted molar refractivity (Wildman–Crippen MR) is 149 cm³/mol. The number of hydrogen-bond acceptors (Lipinski definition) is 4. The molecule has 0 saturated carbocycles. The second kappa shape index (κ2) is 7.79. The van der Waals surface area contributed by atoms with Crippen molar-refractivity contribution >= 4 is 52.9 Å². The van der Waals surface area contributed by atoms with Gasteiger partial charge in [0.25, 0.3) is 0 Å². The molecule has 0 bridgehead atoms. The van der Waals surface area contributed by atoms with Gasteiger partial charge in [-0.3, -0.25) is 4.98 Å². The Morgan fingerprint density at radius 1 is 1.03 bits per heavy atom. The molecule has 4 heterocycles. The molecule has 2 unspecified atom stereocenters. The van der Waals surface area contributed by atoms with Gasteiger partial charge < -0.3 is 4.74 Å². The Labute approximate surface area is 209 Å². The quantitative estimate of drug-likeness (QED) is 0.254. The van der Waals surface area contributed by atoms with Crippen LogP contribution in [-0.2, 0) is 5.41 Å².